The van der Waals surface area contributed by atoms with Gasteiger partial charge in [-0.25, -0.2) is 0 Å². The Morgan fingerprint density at radius 1 is 1.22 bits per heavy atom. The third kappa shape index (κ3) is 2.29. The molecular weight excluding hydrogens is 246 g/mol. The molecule has 1 aromatic carbocycles. The first-order chi connectivity index (χ1) is 8.47. The lowest BCUT2D eigenvalue weighted by Crippen LogP contribution is -2.57. The second kappa shape index (κ2) is 5.20. The Balaban J connectivity index is 2.28. The van der Waals surface area contributed by atoms with Crippen molar-refractivity contribution in [3.63, 3.8) is 0 Å². The number of aliphatic hydroxyl groups is 1. The van der Waals surface area contributed by atoms with E-state index in [0.717, 1.165) is 17.9 Å². The van der Waals surface area contributed by atoms with Gasteiger partial charge in [-0.15, -0.1) is 0 Å². The molecule has 3 heteroatoms. The molecule has 3 N–H and O–H groups in total. The van der Waals surface area contributed by atoms with Crippen molar-refractivity contribution >= 4 is 11.6 Å². The lowest BCUT2D eigenvalue weighted by atomic mass is 9.58. The van der Waals surface area contributed by atoms with Crippen LogP contribution in [0.3, 0.4) is 0 Å². The Hall–Kier alpha value is -0.570. The fourth-order valence-electron chi connectivity index (χ4n) is 2.90. The first-order valence-corrected chi connectivity index (χ1v) is 7.05. The van der Waals surface area contributed by atoms with Crippen molar-refractivity contribution in [2.75, 3.05) is 0 Å². The van der Waals surface area contributed by atoms with Gasteiger partial charge in [-0.1, -0.05) is 44.0 Å². The van der Waals surface area contributed by atoms with E-state index < -0.39 is 6.10 Å². The predicted molar refractivity (Wildman–Crippen MR) is 75.8 cm³/mol. The predicted octanol–water partition coefficient (Wildman–Crippen LogP) is 3.11. The van der Waals surface area contributed by atoms with Gasteiger partial charge in [-0.2, -0.15) is 0 Å². The van der Waals surface area contributed by atoms with E-state index in [4.69, 9.17) is 17.3 Å². The summed E-state index contributed by atoms with van der Waals surface area (Å²) in [5.41, 5.74) is 7.50. The van der Waals surface area contributed by atoms with Crippen LogP contribution in [0.2, 0.25) is 5.02 Å². The number of benzene rings is 1. The third-order valence-corrected chi connectivity index (χ3v) is 4.61. The molecule has 0 saturated heterocycles. The topological polar surface area (TPSA) is 46.2 Å². The summed E-state index contributed by atoms with van der Waals surface area (Å²) in [7, 11) is 0. The highest BCUT2D eigenvalue weighted by molar-refractivity contribution is 6.30. The molecule has 2 atom stereocenters. The summed E-state index contributed by atoms with van der Waals surface area (Å²) in [6.45, 7) is 4.03. The number of hydrogen-bond acceptors (Lipinski definition) is 2. The second-order valence-electron chi connectivity index (χ2n) is 5.78. The molecule has 1 aliphatic carbocycles. The van der Waals surface area contributed by atoms with E-state index in [1.165, 1.54) is 12.0 Å². The molecule has 1 saturated carbocycles. The van der Waals surface area contributed by atoms with Crippen LogP contribution in [0, 0.1) is 5.92 Å². The quantitative estimate of drug-likeness (QED) is 0.881. The number of rotatable bonds is 4. The molecule has 2 rings (SSSR count). The van der Waals surface area contributed by atoms with Crippen molar-refractivity contribution < 1.29 is 5.11 Å². The zero-order valence-electron chi connectivity index (χ0n) is 11.1. The summed E-state index contributed by atoms with van der Waals surface area (Å²) in [5, 5.41) is 11.0. The van der Waals surface area contributed by atoms with Gasteiger partial charge in [0, 0.05) is 16.5 Å². The van der Waals surface area contributed by atoms with E-state index in [1.807, 2.05) is 26.0 Å². The molecule has 0 aromatic heterocycles. The fraction of sp³-hybridized carbons (Fsp3) is 0.600. The van der Waals surface area contributed by atoms with Crippen LogP contribution in [0.25, 0.3) is 0 Å². The van der Waals surface area contributed by atoms with Gasteiger partial charge in [-0.3, -0.25) is 0 Å². The van der Waals surface area contributed by atoms with Gasteiger partial charge < -0.3 is 10.8 Å². The summed E-state index contributed by atoms with van der Waals surface area (Å²) in [5.74, 6) is 0.185. The minimum Gasteiger partial charge on any atom is -0.391 e. The lowest BCUT2D eigenvalue weighted by molar-refractivity contribution is 0.0362. The van der Waals surface area contributed by atoms with Crippen LogP contribution in [-0.4, -0.2) is 17.3 Å². The van der Waals surface area contributed by atoms with E-state index in [2.05, 4.69) is 12.1 Å². The molecule has 1 aliphatic rings. The Morgan fingerprint density at radius 3 is 2.17 bits per heavy atom. The van der Waals surface area contributed by atoms with Crippen LogP contribution in [0.5, 0.6) is 0 Å². The first-order valence-electron chi connectivity index (χ1n) is 6.67. The van der Waals surface area contributed by atoms with Crippen molar-refractivity contribution in [1.29, 1.82) is 0 Å². The molecule has 0 aliphatic heterocycles. The van der Waals surface area contributed by atoms with Crippen molar-refractivity contribution in [3.05, 3.63) is 34.9 Å². The molecule has 0 heterocycles. The highest BCUT2D eigenvalue weighted by atomic mass is 35.5. The van der Waals surface area contributed by atoms with Crippen molar-refractivity contribution in [2.24, 2.45) is 11.7 Å². The Morgan fingerprint density at radius 2 is 1.78 bits per heavy atom. The molecule has 0 amide bonds. The van der Waals surface area contributed by atoms with Gasteiger partial charge in [-0.05, 0) is 36.5 Å². The summed E-state index contributed by atoms with van der Waals surface area (Å²) >= 11 is 5.93. The zero-order chi connectivity index (χ0) is 13.3. The lowest BCUT2D eigenvalue weighted by Gasteiger charge is -2.49. The molecule has 2 unspecified atom stereocenters. The minimum absolute atomic E-state index is 0.0612. The van der Waals surface area contributed by atoms with Gasteiger partial charge in [0.15, 0.2) is 0 Å². The average Bonchev–Trinajstić information content (AvgIpc) is 2.28. The van der Waals surface area contributed by atoms with E-state index in [-0.39, 0.29) is 17.4 Å². The SMILES string of the molecule is CC(C)C(O)C(N)C1(c2ccc(Cl)cc2)CCC1. The van der Waals surface area contributed by atoms with Gasteiger partial charge in [0.1, 0.15) is 0 Å². The molecular formula is C15H22ClNO. The van der Waals surface area contributed by atoms with Crippen LogP contribution in [0.15, 0.2) is 24.3 Å². The molecule has 1 fully saturated rings. The van der Waals surface area contributed by atoms with Gasteiger partial charge in [0.05, 0.1) is 6.10 Å². The van der Waals surface area contributed by atoms with Crippen LogP contribution < -0.4 is 5.73 Å². The largest absolute Gasteiger partial charge is 0.391 e. The van der Waals surface area contributed by atoms with Crippen molar-refractivity contribution in [1.82, 2.24) is 0 Å². The average molecular weight is 268 g/mol. The summed E-state index contributed by atoms with van der Waals surface area (Å²) in [6, 6.07) is 7.71. The number of nitrogens with two attached hydrogens (primary N) is 1. The third-order valence-electron chi connectivity index (χ3n) is 4.35. The second-order valence-corrected chi connectivity index (χ2v) is 6.21. The van der Waals surface area contributed by atoms with Crippen LogP contribution >= 0.6 is 11.6 Å². The number of halogens is 1. The normalized spacial score (nSPS) is 21.4. The fourth-order valence-corrected chi connectivity index (χ4v) is 3.02. The molecule has 2 nitrogen and oxygen atoms in total. The Labute approximate surface area is 114 Å². The van der Waals surface area contributed by atoms with E-state index in [0.29, 0.717) is 0 Å². The molecule has 0 spiro atoms. The molecule has 100 valence electrons. The minimum atomic E-state index is -0.457. The monoisotopic (exact) mass is 267 g/mol. The molecule has 1 aromatic rings. The summed E-state index contributed by atoms with van der Waals surface area (Å²) in [6.07, 6.45) is 2.83. The molecule has 0 radical (unpaired) electrons. The Kier molecular flexibility index (Phi) is 4.00. The number of aliphatic hydroxyl groups excluding tert-OH is 1. The van der Waals surface area contributed by atoms with E-state index in [1.54, 1.807) is 0 Å². The van der Waals surface area contributed by atoms with Crippen molar-refractivity contribution in [3.8, 4) is 0 Å². The summed E-state index contributed by atoms with van der Waals surface area (Å²) in [4.78, 5) is 0. The van der Waals surface area contributed by atoms with Crippen LogP contribution in [0.1, 0.15) is 38.7 Å². The van der Waals surface area contributed by atoms with E-state index in [9.17, 15) is 5.11 Å². The first kappa shape index (κ1) is 13.9. The van der Waals surface area contributed by atoms with Gasteiger partial charge in [0.2, 0.25) is 0 Å². The van der Waals surface area contributed by atoms with Crippen LogP contribution in [0.4, 0.5) is 0 Å². The highest BCUT2D eigenvalue weighted by Crippen LogP contribution is 2.47. The highest BCUT2D eigenvalue weighted by Gasteiger charge is 2.46. The maximum atomic E-state index is 10.3. The van der Waals surface area contributed by atoms with Gasteiger partial charge >= 0.3 is 0 Å². The molecule has 18 heavy (non-hydrogen) atoms. The van der Waals surface area contributed by atoms with Gasteiger partial charge in [0.25, 0.3) is 0 Å². The smallest absolute Gasteiger partial charge is 0.0722 e. The maximum Gasteiger partial charge on any atom is 0.0722 e. The maximum absolute atomic E-state index is 10.3. The number of hydrogen-bond donors (Lipinski definition) is 2. The summed E-state index contributed by atoms with van der Waals surface area (Å²) < 4.78 is 0. The zero-order valence-corrected chi connectivity index (χ0v) is 11.8. The van der Waals surface area contributed by atoms with E-state index >= 15 is 0 Å². The van der Waals surface area contributed by atoms with Crippen molar-refractivity contribution in [2.45, 2.75) is 50.7 Å². The molecule has 0 bridgehead atoms. The Bertz CT molecular complexity index is 397. The standard InChI is InChI=1S/C15H22ClNO/c1-10(2)13(18)14(17)15(8-3-9-15)11-4-6-12(16)7-5-11/h4-7,10,13-14,18H,3,8-9,17H2,1-2H3. The van der Waals surface area contributed by atoms with Crippen LogP contribution in [-0.2, 0) is 5.41 Å².